The molecule has 5 nitrogen and oxygen atoms in total. The number of carbonyl (C=O) groups excluding carboxylic acids is 2. The van der Waals surface area contributed by atoms with Gasteiger partial charge in [-0.3, -0.25) is 14.3 Å². The van der Waals surface area contributed by atoms with Crippen molar-refractivity contribution in [3.63, 3.8) is 0 Å². The van der Waals surface area contributed by atoms with Gasteiger partial charge in [0.05, 0.1) is 6.61 Å². The Balaban J connectivity index is 2.70. The van der Waals surface area contributed by atoms with Crippen molar-refractivity contribution < 1.29 is 27.5 Å². The van der Waals surface area contributed by atoms with Gasteiger partial charge in [-0.15, -0.1) is 13.2 Å². The number of alkyl halides is 3. The molecule has 8 heteroatoms. The van der Waals surface area contributed by atoms with Gasteiger partial charge in [-0.05, 0) is 5.41 Å². The molecule has 0 aromatic rings. The molecule has 0 saturated carbocycles. The number of hydrogen-bond donors (Lipinski definition) is 1. The van der Waals surface area contributed by atoms with Gasteiger partial charge in [0.2, 0.25) is 11.8 Å². The van der Waals surface area contributed by atoms with Gasteiger partial charge in [-0.1, -0.05) is 20.8 Å². The van der Waals surface area contributed by atoms with Crippen LogP contribution in [0.3, 0.4) is 0 Å². The fourth-order valence-corrected chi connectivity index (χ4v) is 1.90. The summed E-state index contributed by atoms with van der Waals surface area (Å²) in [6.07, 6.45) is -4.64. The zero-order valence-corrected chi connectivity index (χ0v) is 11.7. The van der Waals surface area contributed by atoms with E-state index in [1.807, 2.05) is 0 Å². The molecule has 1 aliphatic heterocycles. The average molecular weight is 296 g/mol. The van der Waals surface area contributed by atoms with Crippen LogP contribution < -0.4 is 5.32 Å². The summed E-state index contributed by atoms with van der Waals surface area (Å²) in [4.78, 5) is 25.1. The molecule has 116 valence electrons. The number of nitrogens with zero attached hydrogens (tertiary/aromatic N) is 1. The molecule has 1 rings (SSSR count). The van der Waals surface area contributed by atoms with Crippen molar-refractivity contribution in [2.24, 2.45) is 5.41 Å². The lowest BCUT2D eigenvalue weighted by Gasteiger charge is -2.32. The third-order valence-electron chi connectivity index (χ3n) is 2.97. The second-order valence-corrected chi connectivity index (χ2v) is 5.74. The van der Waals surface area contributed by atoms with E-state index >= 15 is 0 Å². The van der Waals surface area contributed by atoms with E-state index in [1.54, 1.807) is 20.8 Å². The quantitative estimate of drug-likeness (QED) is 0.853. The Bertz CT molecular complexity index is 377. The number of carbonyl (C=O) groups is 2. The van der Waals surface area contributed by atoms with E-state index < -0.39 is 24.4 Å². The van der Waals surface area contributed by atoms with Crippen molar-refractivity contribution in [2.75, 3.05) is 19.7 Å². The van der Waals surface area contributed by atoms with E-state index in [1.165, 1.54) is 4.90 Å². The number of nitrogens with one attached hydrogen (secondary N) is 1. The van der Waals surface area contributed by atoms with Crippen LogP contribution in [0.4, 0.5) is 13.2 Å². The summed E-state index contributed by atoms with van der Waals surface area (Å²) < 4.78 is 39.4. The highest BCUT2D eigenvalue weighted by atomic mass is 19.4. The molecule has 0 bridgehead atoms. The molecule has 0 aliphatic carbocycles. The summed E-state index contributed by atoms with van der Waals surface area (Å²) in [6.45, 7) is 4.61. The predicted molar refractivity (Wildman–Crippen MR) is 64.6 cm³/mol. The molecule has 0 aromatic carbocycles. The molecule has 1 saturated heterocycles. The number of hydrogen-bond acceptors (Lipinski definition) is 3. The fourth-order valence-electron chi connectivity index (χ4n) is 1.90. The van der Waals surface area contributed by atoms with Crippen LogP contribution in [0.1, 0.15) is 27.2 Å². The maximum absolute atomic E-state index is 12.3. The number of ether oxygens (including phenoxy) is 1. The minimum atomic E-state index is -4.72. The standard InChI is InChI=1S/C12H19F3N2O3/c1-11(2,3)9-10(19)17(5-4-8(18)16-9)6-7-20-12(13,14)15/h9H,4-7H2,1-3H3,(H,16,18). The van der Waals surface area contributed by atoms with Crippen LogP contribution in [0, 0.1) is 5.41 Å². The number of rotatable bonds is 3. The SMILES string of the molecule is CC(C)(C)C1NC(=O)CCN(CCOC(F)(F)F)C1=O. The highest BCUT2D eigenvalue weighted by molar-refractivity contribution is 5.90. The molecule has 0 spiro atoms. The summed E-state index contributed by atoms with van der Waals surface area (Å²) in [5.74, 6) is -0.661. The van der Waals surface area contributed by atoms with Crippen LogP contribution in [-0.4, -0.2) is 48.8 Å². The largest absolute Gasteiger partial charge is 0.522 e. The molecule has 1 fully saturated rings. The Hall–Kier alpha value is -1.31. The lowest BCUT2D eigenvalue weighted by molar-refractivity contribution is -0.324. The first-order chi connectivity index (χ1) is 9.00. The van der Waals surface area contributed by atoms with Gasteiger partial charge in [-0.25, -0.2) is 0 Å². The molecule has 2 amide bonds. The molecule has 20 heavy (non-hydrogen) atoms. The lowest BCUT2D eigenvalue weighted by Crippen LogP contribution is -2.52. The van der Waals surface area contributed by atoms with Crippen molar-refractivity contribution in [1.29, 1.82) is 0 Å². The van der Waals surface area contributed by atoms with Crippen LogP contribution >= 0.6 is 0 Å². The zero-order valence-electron chi connectivity index (χ0n) is 11.7. The Labute approximate surface area is 115 Å². The number of halogens is 3. The van der Waals surface area contributed by atoms with Gasteiger partial charge in [0.15, 0.2) is 0 Å². The summed E-state index contributed by atoms with van der Waals surface area (Å²) in [6, 6.07) is -0.747. The smallest absolute Gasteiger partial charge is 0.344 e. The highest BCUT2D eigenvalue weighted by Crippen LogP contribution is 2.23. The normalized spacial score (nSPS) is 21.7. The van der Waals surface area contributed by atoms with Gasteiger partial charge < -0.3 is 10.2 Å². The molecular weight excluding hydrogens is 277 g/mol. The van der Waals surface area contributed by atoms with Crippen LogP contribution in [0.25, 0.3) is 0 Å². The Kier molecular flexibility index (Phi) is 5.01. The minimum absolute atomic E-state index is 0.0737. The maximum Gasteiger partial charge on any atom is 0.522 e. The van der Waals surface area contributed by atoms with Gasteiger partial charge >= 0.3 is 6.36 Å². The highest BCUT2D eigenvalue weighted by Gasteiger charge is 2.38. The zero-order chi connectivity index (χ0) is 15.6. The third-order valence-corrected chi connectivity index (χ3v) is 2.97. The molecule has 1 atom stereocenters. The molecular formula is C12H19F3N2O3. The second-order valence-electron chi connectivity index (χ2n) is 5.74. The van der Waals surface area contributed by atoms with Crippen LogP contribution in [0.2, 0.25) is 0 Å². The summed E-state index contributed by atoms with van der Waals surface area (Å²) >= 11 is 0. The van der Waals surface area contributed by atoms with E-state index in [-0.39, 0.29) is 31.3 Å². The molecule has 0 radical (unpaired) electrons. The topological polar surface area (TPSA) is 58.6 Å². The van der Waals surface area contributed by atoms with Gasteiger partial charge in [0, 0.05) is 19.5 Å². The first-order valence-corrected chi connectivity index (χ1v) is 6.29. The Morgan fingerprint density at radius 2 is 1.90 bits per heavy atom. The first kappa shape index (κ1) is 16.7. The number of amides is 2. The Morgan fingerprint density at radius 3 is 2.40 bits per heavy atom. The molecule has 1 unspecified atom stereocenters. The first-order valence-electron chi connectivity index (χ1n) is 6.29. The van der Waals surface area contributed by atoms with Gasteiger partial charge in [-0.2, -0.15) is 0 Å². The predicted octanol–water partition coefficient (Wildman–Crippen LogP) is 1.29. The van der Waals surface area contributed by atoms with E-state index in [0.29, 0.717) is 0 Å². The van der Waals surface area contributed by atoms with E-state index in [2.05, 4.69) is 10.1 Å². The minimum Gasteiger partial charge on any atom is -0.344 e. The summed E-state index contributed by atoms with van der Waals surface area (Å²) in [7, 11) is 0. The van der Waals surface area contributed by atoms with Crippen molar-refractivity contribution in [3.05, 3.63) is 0 Å². The monoisotopic (exact) mass is 296 g/mol. The molecule has 1 N–H and O–H groups in total. The van der Waals surface area contributed by atoms with Gasteiger partial charge in [0.1, 0.15) is 6.04 Å². The van der Waals surface area contributed by atoms with Crippen molar-refractivity contribution in [1.82, 2.24) is 10.2 Å². The van der Waals surface area contributed by atoms with E-state index in [4.69, 9.17) is 0 Å². The van der Waals surface area contributed by atoms with Crippen molar-refractivity contribution in [2.45, 2.75) is 39.6 Å². The maximum atomic E-state index is 12.3. The van der Waals surface area contributed by atoms with Gasteiger partial charge in [0.25, 0.3) is 0 Å². The van der Waals surface area contributed by atoms with Crippen LogP contribution in [0.5, 0.6) is 0 Å². The molecule has 1 heterocycles. The van der Waals surface area contributed by atoms with E-state index in [9.17, 15) is 22.8 Å². The lowest BCUT2D eigenvalue weighted by atomic mass is 9.86. The van der Waals surface area contributed by atoms with Crippen molar-refractivity contribution in [3.8, 4) is 0 Å². The fraction of sp³-hybridized carbons (Fsp3) is 0.833. The molecule has 0 aromatic heterocycles. The van der Waals surface area contributed by atoms with Crippen molar-refractivity contribution >= 4 is 11.8 Å². The Morgan fingerprint density at radius 1 is 1.30 bits per heavy atom. The van der Waals surface area contributed by atoms with E-state index in [0.717, 1.165) is 0 Å². The second kappa shape index (κ2) is 5.99. The average Bonchev–Trinajstić information content (AvgIpc) is 2.39. The third kappa shape index (κ3) is 4.99. The summed E-state index contributed by atoms with van der Waals surface area (Å²) in [5, 5.41) is 2.61. The van der Waals surface area contributed by atoms with Crippen LogP contribution in [0.15, 0.2) is 0 Å². The molecule has 1 aliphatic rings. The van der Waals surface area contributed by atoms with Crippen LogP contribution in [-0.2, 0) is 14.3 Å². The summed E-state index contributed by atoms with van der Waals surface area (Å²) in [5.41, 5.74) is -0.514.